The van der Waals surface area contributed by atoms with Crippen molar-refractivity contribution < 1.29 is 5.11 Å². The number of aliphatic hydroxyl groups is 1. The van der Waals surface area contributed by atoms with E-state index < -0.39 is 0 Å². The van der Waals surface area contributed by atoms with Gasteiger partial charge in [0.2, 0.25) is 0 Å². The van der Waals surface area contributed by atoms with Crippen LogP contribution in [-0.2, 0) is 5.41 Å². The van der Waals surface area contributed by atoms with Crippen molar-refractivity contribution in [3.8, 4) is 0 Å². The molecule has 1 aromatic rings. The van der Waals surface area contributed by atoms with E-state index in [9.17, 15) is 5.11 Å². The average Bonchev–Trinajstić information content (AvgIpc) is 2.78. The Morgan fingerprint density at radius 2 is 2.12 bits per heavy atom. The van der Waals surface area contributed by atoms with Crippen LogP contribution < -0.4 is 5.32 Å². The van der Waals surface area contributed by atoms with E-state index in [-0.39, 0.29) is 11.5 Å². The number of halogens is 2. The second-order valence-electron chi connectivity index (χ2n) is 5.21. The first-order valence-electron chi connectivity index (χ1n) is 5.96. The van der Waals surface area contributed by atoms with E-state index in [0.29, 0.717) is 16.0 Å². The van der Waals surface area contributed by atoms with Gasteiger partial charge in [-0.3, -0.25) is 0 Å². The fraction of sp³-hybridized carbons (Fsp3) is 0.538. The van der Waals surface area contributed by atoms with Crippen molar-refractivity contribution in [3.05, 3.63) is 33.8 Å². The molecule has 1 saturated heterocycles. The second kappa shape index (κ2) is 4.13. The first-order chi connectivity index (χ1) is 8.12. The maximum absolute atomic E-state index is 9.90. The van der Waals surface area contributed by atoms with Gasteiger partial charge in [-0.2, -0.15) is 0 Å². The Bertz CT molecular complexity index is 451. The van der Waals surface area contributed by atoms with Crippen LogP contribution in [0.25, 0.3) is 0 Å². The van der Waals surface area contributed by atoms with Crippen molar-refractivity contribution in [1.82, 2.24) is 5.32 Å². The molecule has 1 unspecified atom stereocenters. The summed E-state index contributed by atoms with van der Waals surface area (Å²) < 4.78 is 0. The monoisotopic (exact) mass is 271 g/mol. The molecule has 1 aliphatic carbocycles. The standard InChI is InChI=1S/C13H15Cl2NO/c14-11-2-1-8(4-12(11)15)13-5-10(17)3-9(13)6-16-7-13/h1-2,4,9-10,16-17H,3,5-7H2/t9?,10-,13+/m0/s1. The van der Waals surface area contributed by atoms with E-state index in [4.69, 9.17) is 23.2 Å². The lowest BCUT2D eigenvalue weighted by atomic mass is 9.74. The van der Waals surface area contributed by atoms with Gasteiger partial charge < -0.3 is 10.4 Å². The summed E-state index contributed by atoms with van der Waals surface area (Å²) in [6.45, 7) is 1.91. The Balaban J connectivity index is 2.04. The Hall–Kier alpha value is -0.280. The SMILES string of the molecule is O[C@H]1CC2CNC[C@@]2(c2ccc(Cl)c(Cl)c2)C1. The van der Waals surface area contributed by atoms with Crippen LogP contribution in [0.2, 0.25) is 10.0 Å². The number of nitrogens with one attached hydrogen (secondary N) is 1. The van der Waals surface area contributed by atoms with Crippen LogP contribution in [-0.4, -0.2) is 24.3 Å². The van der Waals surface area contributed by atoms with E-state index in [0.717, 1.165) is 25.9 Å². The number of benzene rings is 1. The van der Waals surface area contributed by atoms with Crippen molar-refractivity contribution in [1.29, 1.82) is 0 Å². The van der Waals surface area contributed by atoms with Crippen LogP contribution >= 0.6 is 23.2 Å². The Labute approximate surface area is 111 Å². The molecular formula is C13H15Cl2NO. The molecule has 2 fully saturated rings. The molecule has 92 valence electrons. The van der Waals surface area contributed by atoms with E-state index in [1.54, 1.807) is 0 Å². The molecule has 4 heteroatoms. The topological polar surface area (TPSA) is 32.3 Å². The molecule has 0 aromatic heterocycles. The molecule has 1 aromatic carbocycles. The van der Waals surface area contributed by atoms with Crippen molar-refractivity contribution in [2.75, 3.05) is 13.1 Å². The molecule has 17 heavy (non-hydrogen) atoms. The summed E-state index contributed by atoms with van der Waals surface area (Å²) in [7, 11) is 0. The largest absolute Gasteiger partial charge is 0.393 e. The highest BCUT2D eigenvalue weighted by molar-refractivity contribution is 6.42. The van der Waals surface area contributed by atoms with Gasteiger partial charge in [-0.1, -0.05) is 29.3 Å². The van der Waals surface area contributed by atoms with Gasteiger partial charge in [0.25, 0.3) is 0 Å². The van der Waals surface area contributed by atoms with Crippen LogP contribution in [0, 0.1) is 5.92 Å². The zero-order chi connectivity index (χ0) is 12.0. The quantitative estimate of drug-likeness (QED) is 0.823. The highest BCUT2D eigenvalue weighted by atomic mass is 35.5. The van der Waals surface area contributed by atoms with Crippen LogP contribution in [0.3, 0.4) is 0 Å². The van der Waals surface area contributed by atoms with Gasteiger partial charge in [-0.05, 0) is 43.0 Å². The lowest BCUT2D eigenvalue weighted by molar-refractivity contribution is 0.170. The molecule has 2 aliphatic rings. The number of hydrogen-bond acceptors (Lipinski definition) is 2. The van der Waals surface area contributed by atoms with Crippen molar-refractivity contribution >= 4 is 23.2 Å². The average molecular weight is 272 g/mol. The molecule has 2 N–H and O–H groups in total. The number of rotatable bonds is 1. The zero-order valence-electron chi connectivity index (χ0n) is 9.42. The fourth-order valence-corrected chi connectivity index (χ4v) is 3.75. The molecule has 3 atom stereocenters. The maximum atomic E-state index is 9.90. The van der Waals surface area contributed by atoms with E-state index in [1.165, 1.54) is 5.56 Å². The highest BCUT2D eigenvalue weighted by Gasteiger charge is 2.50. The minimum atomic E-state index is -0.184. The summed E-state index contributed by atoms with van der Waals surface area (Å²) in [5.74, 6) is 0.509. The first kappa shape index (κ1) is 11.8. The molecule has 0 radical (unpaired) electrons. The first-order valence-corrected chi connectivity index (χ1v) is 6.72. The van der Waals surface area contributed by atoms with Crippen molar-refractivity contribution in [2.24, 2.45) is 5.92 Å². The molecule has 1 heterocycles. The number of hydrogen-bond donors (Lipinski definition) is 2. The minimum absolute atomic E-state index is 0.0493. The predicted octanol–water partition coefficient (Wildman–Crippen LogP) is 2.61. The number of aliphatic hydroxyl groups excluding tert-OH is 1. The Morgan fingerprint density at radius 3 is 2.88 bits per heavy atom. The fourth-order valence-electron chi connectivity index (χ4n) is 3.45. The third kappa shape index (κ3) is 1.78. The van der Waals surface area contributed by atoms with Crippen LogP contribution in [0.15, 0.2) is 18.2 Å². The summed E-state index contributed by atoms with van der Waals surface area (Å²) in [6, 6.07) is 5.86. The zero-order valence-corrected chi connectivity index (χ0v) is 10.9. The highest BCUT2D eigenvalue weighted by Crippen LogP contribution is 2.48. The van der Waals surface area contributed by atoms with Crippen LogP contribution in [0.1, 0.15) is 18.4 Å². The van der Waals surface area contributed by atoms with Gasteiger partial charge in [-0.25, -0.2) is 0 Å². The molecular weight excluding hydrogens is 257 g/mol. The van der Waals surface area contributed by atoms with Gasteiger partial charge in [0.15, 0.2) is 0 Å². The molecule has 3 rings (SSSR count). The Morgan fingerprint density at radius 1 is 1.29 bits per heavy atom. The summed E-state index contributed by atoms with van der Waals surface area (Å²) in [4.78, 5) is 0. The lowest BCUT2D eigenvalue weighted by Crippen LogP contribution is -2.31. The normalized spacial score (nSPS) is 36.2. The van der Waals surface area contributed by atoms with E-state index in [2.05, 4.69) is 5.32 Å². The van der Waals surface area contributed by atoms with Crippen LogP contribution in [0.4, 0.5) is 0 Å². The van der Waals surface area contributed by atoms with Crippen molar-refractivity contribution in [3.63, 3.8) is 0 Å². The van der Waals surface area contributed by atoms with Gasteiger partial charge in [0, 0.05) is 12.0 Å². The van der Waals surface area contributed by atoms with Gasteiger partial charge in [0.05, 0.1) is 16.1 Å². The third-order valence-electron chi connectivity index (χ3n) is 4.26. The smallest absolute Gasteiger partial charge is 0.0595 e. The molecule has 0 amide bonds. The summed E-state index contributed by atoms with van der Waals surface area (Å²) >= 11 is 12.1. The summed E-state index contributed by atoms with van der Waals surface area (Å²) in [5, 5.41) is 14.5. The molecule has 0 spiro atoms. The second-order valence-corrected chi connectivity index (χ2v) is 6.02. The van der Waals surface area contributed by atoms with Gasteiger partial charge >= 0.3 is 0 Å². The van der Waals surface area contributed by atoms with Gasteiger partial charge in [-0.15, -0.1) is 0 Å². The lowest BCUT2D eigenvalue weighted by Gasteiger charge is -2.29. The maximum Gasteiger partial charge on any atom is 0.0595 e. The summed E-state index contributed by atoms with van der Waals surface area (Å²) in [5.41, 5.74) is 1.26. The van der Waals surface area contributed by atoms with Gasteiger partial charge in [0.1, 0.15) is 0 Å². The molecule has 1 aliphatic heterocycles. The molecule has 1 saturated carbocycles. The predicted molar refractivity (Wildman–Crippen MR) is 69.7 cm³/mol. The molecule has 2 nitrogen and oxygen atoms in total. The van der Waals surface area contributed by atoms with Crippen molar-refractivity contribution in [2.45, 2.75) is 24.4 Å². The van der Waals surface area contributed by atoms with E-state index in [1.807, 2.05) is 18.2 Å². The van der Waals surface area contributed by atoms with Crippen LogP contribution in [0.5, 0.6) is 0 Å². The molecule has 0 bridgehead atoms. The Kier molecular flexibility index (Phi) is 2.86. The number of fused-ring (bicyclic) bond motifs is 1. The van der Waals surface area contributed by atoms with E-state index >= 15 is 0 Å². The minimum Gasteiger partial charge on any atom is -0.393 e. The third-order valence-corrected chi connectivity index (χ3v) is 5.00. The summed E-state index contributed by atoms with van der Waals surface area (Å²) in [6.07, 6.45) is 1.52.